The zero-order valence-electron chi connectivity index (χ0n) is 21.7. The zero-order chi connectivity index (χ0) is 25.6. The first-order chi connectivity index (χ1) is 16.4. The molecule has 4 saturated carbocycles. The predicted molar refractivity (Wildman–Crippen MR) is 130 cm³/mol. The number of phosphoric ester groups is 1. The maximum absolute atomic E-state index is 12.1. The van der Waals surface area contributed by atoms with Gasteiger partial charge in [0.1, 0.15) is 0 Å². The maximum Gasteiger partial charge on any atom is 0.472 e. The van der Waals surface area contributed by atoms with Gasteiger partial charge in [-0.3, -0.25) is 4.79 Å². The van der Waals surface area contributed by atoms with Gasteiger partial charge in [0.05, 0.1) is 12.2 Å². The molecule has 35 heavy (non-hydrogen) atoms. The molecule has 0 radical (unpaired) electrons. The number of aliphatic hydroxyl groups is 1. The van der Waals surface area contributed by atoms with E-state index in [0.717, 1.165) is 32.1 Å². The monoisotopic (exact) mass is 516 g/mol. The van der Waals surface area contributed by atoms with Crippen molar-refractivity contribution in [3.8, 4) is 0 Å². The summed E-state index contributed by atoms with van der Waals surface area (Å²) < 4.78 is 25.5. The Kier molecular flexibility index (Phi) is 8.13. The first-order valence-corrected chi connectivity index (χ1v) is 15.0. The first-order valence-electron chi connectivity index (χ1n) is 13.5. The normalized spacial score (nSPS) is 44.1. The smallest absolute Gasteiger partial charge is 0.438 e. The van der Waals surface area contributed by atoms with Gasteiger partial charge in [-0.2, -0.15) is 0 Å². The molecule has 4 rings (SSSR count). The third kappa shape index (κ3) is 5.39. The summed E-state index contributed by atoms with van der Waals surface area (Å²) in [6.07, 6.45) is 9.88. The van der Waals surface area contributed by atoms with Crippen LogP contribution in [0.4, 0.5) is 0 Å². The number of fused-ring (bicyclic) bond motifs is 5. The molecule has 0 heterocycles. The molecule has 0 bridgehead atoms. The number of methoxy groups -OCH3 is 1. The van der Waals surface area contributed by atoms with Crippen LogP contribution in [0, 0.1) is 46.3 Å². The van der Waals surface area contributed by atoms with Crippen LogP contribution >= 0.6 is 7.82 Å². The van der Waals surface area contributed by atoms with Crippen molar-refractivity contribution in [2.45, 2.75) is 97.2 Å². The number of hydrogen-bond donors (Lipinski definition) is 3. The number of phosphoric acid groups is 1. The molecule has 202 valence electrons. The van der Waals surface area contributed by atoms with Crippen molar-refractivity contribution < 1.29 is 38.3 Å². The van der Waals surface area contributed by atoms with Crippen LogP contribution in [0.5, 0.6) is 0 Å². The van der Waals surface area contributed by atoms with E-state index in [1.54, 1.807) is 0 Å². The molecule has 0 saturated heterocycles. The minimum absolute atomic E-state index is 0.169. The minimum Gasteiger partial charge on any atom is -0.438 e. The van der Waals surface area contributed by atoms with Gasteiger partial charge >= 0.3 is 13.8 Å². The molecule has 10 atom stereocenters. The molecule has 0 amide bonds. The van der Waals surface area contributed by atoms with Crippen LogP contribution in [0.1, 0.15) is 85.0 Å². The topological polar surface area (TPSA) is 123 Å². The van der Waals surface area contributed by atoms with Gasteiger partial charge < -0.3 is 24.4 Å². The molecule has 0 aromatic rings. The number of hydrogen-bond acceptors (Lipinski definition) is 6. The average Bonchev–Trinajstić information content (AvgIpc) is 3.14. The van der Waals surface area contributed by atoms with E-state index in [9.17, 15) is 14.5 Å². The molecule has 0 aromatic heterocycles. The van der Waals surface area contributed by atoms with Crippen LogP contribution in [-0.2, 0) is 23.4 Å². The van der Waals surface area contributed by atoms with E-state index >= 15 is 0 Å². The van der Waals surface area contributed by atoms with Gasteiger partial charge in [-0.15, -0.1) is 0 Å². The van der Waals surface area contributed by atoms with Crippen molar-refractivity contribution in [2.75, 3.05) is 13.9 Å². The lowest BCUT2D eigenvalue weighted by Crippen LogP contribution is -2.58. The highest BCUT2D eigenvalue weighted by Crippen LogP contribution is 2.68. The van der Waals surface area contributed by atoms with Gasteiger partial charge in [-0.05, 0) is 104 Å². The van der Waals surface area contributed by atoms with Gasteiger partial charge in [-0.1, -0.05) is 20.8 Å². The Bertz CT molecular complexity index is 815. The van der Waals surface area contributed by atoms with Crippen LogP contribution in [0.3, 0.4) is 0 Å². The van der Waals surface area contributed by atoms with Crippen molar-refractivity contribution in [3.05, 3.63) is 0 Å². The van der Waals surface area contributed by atoms with E-state index in [2.05, 4.69) is 25.3 Å². The fraction of sp³-hybridized carbons (Fsp3) is 0.962. The molecule has 10 unspecified atom stereocenters. The Hall–Kier alpha value is -0.500. The van der Waals surface area contributed by atoms with Crippen molar-refractivity contribution in [2.24, 2.45) is 46.3 Å². The highest BCUT2D eigenvalue weighted by molar-refractivity contribution is 7.46. The van der Waals surface area contributed by atoms with Crippen molar-refractivity contribution in [1.29, 1.82) is 0 Å². The van der Waals surface area contributed by atoms with Gasteiger partial charge in [0, 0.05) is 13.5 Å². The molecular formula is C26H45O8P. The molecule has 9 heteroatoms. The fourth-order valence-corrected chi connectivity index (χ4v) is 9.34. The summed E-state index contributed by atoms with van der Waals surface area (Å²) in [4.78, 5) is 29.5. The lowest BCUT2D eigenvalue weighted by atomic mass is 9.43. The number of ether oxygens (including phenoxy) is 2. The largest absolute Gasteiger partial charge is 0.472 e. The van der Waals surface area contributed by atoms with Crippen LogP contribution in [0.25, 0.3) is 0 Å². The summed E-state index contributed by atoms with van der Waals surface area (Å²) in [5, 5.41) is 11.4. The third-order valence-electron chi connectivity index (χ3n) is 11.0. The predicted octanol–water partition coefficient (Wildman–Crippen LogP) is 4.66. The van der Waals surface area contributed by atoms with Gasteiger partial charge in [0.25, 0.3) is 0 Å². The Morgan fingerprint density at radius 2 is 1.74 bits per heavy atom. The number of esters is 1. The van der Waals surface area contributed by atoms with E-state index in [1.165, 1.54) is 19.3 Å². The van der Waals surface area contributed by atoms with Gasteiger partial charge in [-0.25, -0.2) is 9.09 Å². The van der Waals surface area contributed by atoms with Crippen LogP contribution < -0.4 is 0 Å². The maximum atomic E-state index is 12.1. The number of carbonyl (C=O) groups excluding carboxylic acids is 1. The van der Waals surface area contributed by atoms with E-state index in [4.69, 9.17) is 19.3 Å². The first kappa shape index (κ1) is 27.5. The zero-order valence-corrected chi connectivity index (χ0v) is 22.6. The van der Waals surface area contributed by atoms with E-state index in [0.29, 0.717) is 53.4 Å². The quantitative estimate of drug-likeness (QED) is 0.242. The van der Waals surface area contributed by atoms with Crippen molar-refractivity contribution in [1.82, 2.24) is 0 Å². The van der Waals surface area contributed by atoms with Crippen LogP contribution in [0.2, 0.25) is 0 Å². The molecular weight excluding hydrogens is 471 g/mol. The Labute approximate surface area is 209 Å². The molecule has 0 aromatic carbocycles. The summed E-state index contributed by atoms with van der Waals surface area (Å²) in [7, 11) is -2.83. The summed E-state index contributed by atoms with van der Waals surface area (Å²) in [5.74, 6) is 2.32. The molecule has 3 N–H and O–H groups in total. The number of aliphatic hydroxyl groups excluding tert-OH is 1. The van der Waals surface area contributed by atoms with Crippen molar-refractivity contribution >= 4 is 13.8 Å². The third-order valence-corrected chi connectivity index (χ3v) is 11.4. The Morgan fingerprint density at radius 3 is 2.43 bits per heavy atom. The average molecular weight is 517 g/mol. The Morgan fingerprint density at radius 1 is 1.06 bits per heavy atom. The summed E-state index contributed by atoms with van der Waals surface area (Å²) in [6.45, 7) is 6.40. The fourth-order valence-electron chi connectivity index (χ4n) is 9.15. The highest BCUT2D eigenvalue weighted by atomic mass is 31.2. The number of carbonyl (C=O) groups is 1. The van der Waals surface area contributed by atoms with Crippen molar-refractivity contribution in [3.63, 3.8) is 0 Å². The Balaban J connectivity index is 1.38. The second-order valence-corrected chi connectivity index (χ2v) is 13.7. The molecule has 4 aliphatic rings. The lowest BCUT2D eigenvalue weighted by molar-refractivity contribution is -0.176. The molecule has 4 fully saturated rings. The van der Waals surface area contributed by atoms with Gasteiger partial charge in [0.2, 0.25) is 6.79 Å². The molecule has 0 spiro atoms. The lowest BCUT2D eigenvalue weighted by Gasteiger charge is -2.62. The van der Waals surface area contributed by atoms with E-state index in [-0.39, 0.29) is 17.9 Å². The summed E-state index contributed by atoms with van der Waals surface area (Å²) >= 11 is 0. The minimum atomic E-state index is -4.64. The molecule has 4 aliphatic carbocycles. The second-order valence-electron chi connectivity index (χ2n) is 12.4. The standard InChI is InChI=1S/C26H45O8P/c1-16(5-8-23(28)33-15-34-35(29,30)31)19-6-7-20-24-21(10-12-26(19,20)3)25(2)11-9-18(32-4)13-17(25)14-22(24)27/h16-22,24,27H,5-15H2,1-4H3,(H2,29,30,31). The highest BCUT2D eigenvalue weighted by Gasteiger charge is 2.62. The number of rotatable bonds is 8. The van der Waals surface area contributed by atoms with E-state index < -0.39 is 20.6 Å². The van der Waals surface area contributed by atoms with E-state index in [1.807, 2.05) is 7.11 Å². The van der Waals surface area contributed by atoms with Crippen LogP contribution in [0.15, 0.2) is 0 Å². The van der Waals surface area contributed by atoms with Crippen LogP contribution in [-0.4, -0.2) is 47.0 Å². The molecule has 0 aliphatic heterocycles. The second kappa shape index (κ2) is 10.3. The van der Waals surface area contributed by atoms with Gasteiger partial charge in [0.15, 0.2) is 0 Å². The SMILES string of the molecule is COC1CCC2(C)C(C1)CC(O)C1C2CCC2(C)C(C(C)CCC(=O)OCOP(=O)(O)O)CCC12. The summed E-state index contributed by atoms with van der Waals surface area (Å²) in [6, 6.07) is 0. The molecule has 8 nitrogen and oxygen atoms in total. The summed E-state index contributed by atoms with van der Waals surface area (Å²) in [5.41, 5.74) is 0.463.